The van der Waals surface area contributed by atoms with Crippen molar-refractivity contribution in [2.45, 2.75) is 52.5 Å². The molecule has 0 aromatic carbocycles. The van der Waals surface area contributed by atoms with Gasteiger partial charge in [-0.05, 0) is 38.7 Å². The maximum absolute atomic E-state index is 13.3. The van der Waals surface area contributed by atoms with Crippen LogP contribution in [-0.2, 0) is 0 Å². The lowest BCUT2D eigenvalue weighted by atomic mass is 10.0. The zero-order valence-corrected chi connectivity index (χ0v) is 15.4. The first kappa shape index (κ1) is 16.7. The normalized spacial score (nSPS) is 17.6. The van der Waals surface area contributed by atoms with E-state index in [1.807, 2.05) is 24.8 Å². The van der Waals surface area contributed by atoms with E-state index < -0.39 is 0 Å². The van der Waals surface area contributed by atoms with Crippen LogP contribution in [0.1, 0.15) is 71.8 Å². The molecular formula is C18H22N6O2. The highest BCUT2D eigenvalue weighted by molar-refractivity contribution is 5.93. The Labute approximate surface area is 151 Å². The van der Waals surface area contributed by atoms with Gasteiger partial charge in [0, 0.05) is 12.1 Å². The van der Waals surface area contributed by atoms with Gasteiger partial charge in [-0.15, -0.1) is 0 Å². The van der Waals surface area contributed by atoms with Crippen LogP contribution in [0.3, 0.4) is 0 Å². The Balaban J connectivity index is 1.74. The largest absolute Gasteiger partial charge is 0.361 e. The molecule has 0 spiro atoms. The number of fused-ring (bicyclic) bond motifs is 1. The highest BCUT2D eigenvalue weighted by Gasteiger charge is 2.35. The molecule has 1 fully saturated rings. The van der Waals surface area contributed by atoms with Crippen LogP contribution in [0, 0.1) is 13.8 Å². The summed E-state index contributed by atoms with van der Waals surface area (Å²) >= 11 is 0. The molecule has 1 amide bonds. The molecule has 136 valence electrons. The van der Waals surface area contributed by atoms with Crippen molar-refractivity contribution in [3.05, 3.63) is 40.8 Å². The average molecular weight is 354 g/mol. The van der Waals surface area contributed by atoms with Crippen molar-refractivity contribution in [3.8, 4) is 0 Å². The predicted molar refractivity (Wildman–Crippen MR) is 93.9 cm³/mol. The molecule has 26 heavy (non-hydrogen) atoms. The van der Waals surface area contributed by atoms with Crippen LogP contribution < -0.4 is 0 Å². The highest BCUT2D eigenvalue weighted by atomic mass is 16.5. The first-order chi connectivity index (χ1) is 12.5. The van der Waals surface area contributed by atoms with Gasteiger partial charge < -0.3 is 9.42 Å². The topological polar surface area (TPSA) is 89.4 Å². The van der Waals surface area contributed by atoms with Crippen LogP contribution in [0.4, 0.5) is 0 Å². The maximum atomic E-state index is 13.3. The fourth-order valence-corrected chi connectivity index (χ4v) is 3.78. The van der Waals surface area contributed by atoms with Crippen molar-refractivity contribution in [1.29, 1.82) is 0 Å². The quantitative estimate of drug-likeness (QED) is 0.718. The number of hydrogen-bond donors (Lipinski definition) is 0. The Morgan fingerprint density at radius 3 is 2.85 bits per heavy atom. The smallest absolute Gasteiger partial charge is 0.273 e. The molecule has 0 aliphatic carbocycles. The van der Waals surface area contributed by atoms with Gasteiger partial charge in [0.15, 0.2) is 0 Å². The number of carbonyl (C=O) groups excluding carboxylic acids is 1. The molecule has 8 nitrogen and oxygen atoms in total. The number of aromatic nitrogens is 5. The van der Waals surface area contributed by atoms with Crippen LogP contribution >= 0.6 is 0 Å². The number of carbonyl (C=O) groups is 1. The SMILES string of the molecule is Cc1noc(C)c1[C@H]1CCCN1C(=O)c1cc(C(C)C)n2ncnc2n1. The minimum absolute atomic E-state index is 0.0212. The van der Waals surface area contributed by atoms with Crippen molar-refractivity contribution in [3.63, 3.8) is 0 Å². The van der Waals surface area contributed by atoms with Gasteiger partial charge in [-0.25, -0.2) is 9.50 Å². The standard InChI is InChI=1S/C18H22N6O2/c1-10(2)15-8-13(21-18-19-9-20-24(15)18)17(25)23-7-5-6-14(23)16-11(3)22-26-12(16)4/h8-10,14H,5-7H2,1-4H3/t14-/m1/s1. The summed E-state index contributed by atoms with van der Waals surface area (Å²) in [6.45, 7) is 8.64. The third-order valence-corrected chi connectivity index (χ3v) is 5.03. The van der Waals surface area contributed by atoms with Crippen LogP contribution in [0.25, 0.3) is 5.78 Å². The summed E-state index contributed by atoms with van der Waals surface area (Å²) in [6.07, 6.45) is 3.31. The number of nitrogens with zero attached hydrogens (tertiary/aromatic N) is 6. The van der Waals surface area contributed by atoms with Gasteiger partial charge in [-0.2, -0.15) is 10.1 Å². The van der Waals surface area contributed by atoms with Gasteiger partial charge in [0.05, 0.1) is 17.4 Å². The van der Waals surface area contributed by atoms with E-state index in [0.29, 0.717) is 18.0 Å². The van der Waals surface area contributed by atoms with Crippen molar-refractivity contribution in [2.24, 2.45) is 0 Å². The Morgan fingerprint density at radius 1 is 1.35 bits per heavy atom. The van der Waals surface area contributed by atoms with Crippen molar-refractivity contribution >= 4 is 11.7 Å². The molecule has 4 heterocycles. The average Bonchev–Trinajstić information content (AvgIpc) is 3.33. The third kappa shape index (κ3) is 2.56. The van der Waals surface area contributed by atoms with Crippen LogP contribution in [0.5, 0.6) is 0 Å². The first-order valence-electron chi connectivity index (χ1n) is 8.91. The van der Waals surface area contributed by atoms with E-state index in [1.165, 1.54) is 6.33 Å². The molecule has 0 radical (unpaired) electrons. The molecule has 1 atom stereocenters. The van der Waals surface area contributed by atoms with E-state index in [2.05, 4.69) is 34.1 Å². The Kier molecular flexibility index (Phi) is 3.97. The van der Waals surface area contributed by atoms with Gasteiger partial charge in [-0.1, -0.05) is 19.0 Å². The Bertz CT molecular complexity index is 954. The Morgan fingerprint density at radius 2 is 2.15 bits per heavy atom. The Hall–Kier alpha value is -2.77. The fourth-order valence-electron chi connectivity index (χ4n) is 3.78. The van der Waals surface area contributed by atoms with Gasteiger partial charge in [-0.3, -0.25) is 4.79 Å². The molecule has 0 saturated carbocycles. The van der Waals surface area contributed by atoms with Crippen molar-refractivity contribution < 1.29 is 9.32 Å². The van der Waals surface area contributed by atoms with E-state index in [4.69, 9.17) is 4.52 Å². The molecule has 0 N–H and O–H groups in total. The lowest BCUT2D eigenvalue weighted by Gasteiger charge is -2.24. The first-order valence-corrected chi connectivity index (χ1v) is 8.91. The molecule has 8 heteroatoms. The monoisotopic (exact) mass is 354 g/mol. The van der Waals surface area contributed by atoms with Crippen molar-refractivity contribution in [2.75, 3.05) is 6.54 Å². The number of aryl methyl sites for hydroxylation is 2. The van der Waals surface area contributed by atoms with E-state index in [1.54, 1.807) is 4.52 Å². The zero-order valence-electron chi connectivity index (χ0n) is 15.4. The van der Waals surface area contributed by atoms with Gasteiger partial charge in [0.25, 0.3) is 11.7 Å². The summed E-state index contributed by atoms with van der Waals surface area (Å²) < 4.78 is 7.01. The van der Waals surface area contributed by atoms with Crippen LogP contribution in [0.15, 0.2) is 16.9 Å². The number of amides is 1. The summed E-state index contributed by atoms with van der Waals surface area (Å²) in [5.41, 5.74) is 3.19. The summed E-state index contributed by atoms with van der Waals surface area (Å²) in [7, 11) is 0. The van der Waals surface area contributed by atoms with E-state index in [0.717, 1.165) is 35.6 Å². The summed E-state index contributed by atoms with van der Waals surface area (Å²) in [4.78, 5) is 23.8. The van der Waals surface area contributed by atoms with Gasteiger partial charge in [0.2, 0.25) is 0 Å². The minimum atomic E-state index is -0.0834. The van der Waals surface area contributed by atoms with Crippen molar-refractivity contribution in [1.82, 2.24) is 29.6 Å². The zero-order chi connectivity index (χ0) is 18.4. The molecule has 4 rings (SSSR count). The molecule has 1 aliphatic rings. The summed E-state index contributed by atoms with van der Waals surface area (Å²) in [6, 6.07) is 1.81. The lowest BCUT2D eigenvalue weighted by molar-refractivity contribution is 0.0728. The summed E-state index contributed by atoms with van der Waals surface area (Å²) in [5.74, 6) is 1.34. The molecular weight excluding hydrogens is 332 g/mol. The molecule has 0 bridgehead atoms. The van der Waals surface area contributed by atoms with Gasteiger partial charge >= 0.3 is 0 Å². The number of rotatable bonds is 3. The second kappa shape index (κ2) is 6.19. The molecule has 1 saturated heterocycles. The molecule has 3 aromatic heterocycles. The molecule has 3 aromatic rings. The lowest BCUT2D eigenvalue weighted by Crippen LogP contribution is -2.32. The third-order valence-electron chi connectivity index (χ3n) is 5.03. The number of likely N-dealkylation sites (tertiary alicyclic amines) is 1. The minimum Gasteiger partial charge on any atom is -0.361 e. The highest BCUT2D eigenvalue weighted by Crippen LogP contribution is 2.36. The second-order valence-corrected chi connectivity index (χ2v) is 7.09. The van der Waals surface area contributed by atoms with E-state index >= 15 is 0 Å². The van der Waals surface area contributed by atoms with Gasteiger partial charge in [0.1, 0.15) is 17.8 Å². The predicted octanol–water partition coefficient (Wildman–Crippen LogP) is 2.83. The number of hydrogen-bond acceptors (Lipinski definition) is 6. The van der Waals surface area contributed by atoms with Crippen LogP contribution in [0.2, 0.25) is 0 Å². The fraction of sp³-hybridized carbons (Fsp3) is 0.500. The second-order valence-electron chi connectivity index (χ2n) is 7.09. The summed E-state index contributed by atoms with van der Waals surface area (Å²) in [5, 5.41) is 8.26. The molecule has 1 aliphatic heterocycles. The van der Waals surface area contributed by atoms with E-state index in [-0.39, 0.29) is 17.9 Å². The maximum Gasteiger partial charge on any atom is 0.273 e. The van der Waals surface area contributed by atoms with E-state index in [9.17, 15) is 4.79 Å². The van der Waals surface area contributed by atoms with Crippen LogP contribution in [-0.4, -0.2) is 42.1 Å². The molecule has 0 unspecified atom stereocenters.